The van der Waals surface area contributed by atoms with Crippen LogP contribution in [-0.2, 0) is 6.67 Å². The number of nitrogens with zero attached hydrogens (tertiary/aromatic N) is 3. The number of non-ortho nitro benzene ring substituents is 1. The predicted molar refractivity (Wildman–Crippen MR) is 101 cm³/mol. The minimum atomic E-state index is -0.370. The highest BCUT2D eigenvalue weighted by Gasteiger charge is 2.22. The summed E-state index contributed by atoms with van der Waals surface area (Å²) in [5.41, 5.74) is 3.00. The molecule has 0 amide bonds. The van der Waals surface area contributed by atoms with Gasteiger partial charge in [-0.25, -0.2) is 0 Å². The average molecular weight is 371 g/mol. The number of hydrogen-bond donors (Lipinski definition) is 1. The van der Waals surface area contributed by atoms with Gasteiger partial charge in [-0.05, 0) is 36.5 Å². The van der Waals surface area contributed by atoms with E-state index >= 15 is 0 Å². The van der Waals surface area contributed by atoms with E-state index < -0.39 is 0 Å². The standard InChI is InChI=1S/C18H18N4O3S/c23-22(24)15-7-5-14(6-8-15)20-11-9-19(10-12-20)13-21-16-3-1-2-4-17(16)25-18(21)26/h1-8H,9-13H2/p+1. The van der Waals surface area contributed by atoms with Crippen LogP contribution >= 0.6 is 12.2 Å². The Kier molecular flexibility index (Phi) is 4.44. The van der Waals surface area contributed by atoms with E-state index in [9.17, 15) is 10.1 Å². The van der Waals surface area contributed by atoms with Crippen molar-refractivity contribution >= 4 is 34.7 Å². The van der Waals surface area contributed by atoms with Gasteiger partial charge in [-0.1, -0.05) is 12.1 Å². The summed E-state index contributed by atoms with van der Waals surface area (Å²) >= 11 is 5.37. The van der Waals surface area contributed by atoms with Crippen molar-refractivity contribution in [2.75, 3.05) is 31.1 Å². The molecule has 8 heteroatoms. The van der Waals surface area contributed by atoms with E-state index in [4.69, 9.17) is 16.6 Å². The van der Waals surface area contributed by atoms with Crippen LogP contribution in [0.1, 0.15) is 0 Å². The van der Waals surface area contributed by atoms with Gasteiger partial charge in [0.05, 0.1) is 36.6 Å². The number of quaternary nitrogens is 1. The number of nitro benzene ring substituents is 1. The molecular weight excluding hydrogens is 352 g/mol. The van der Waals surface area contributed by atoms with Crippen LogP contribution in [0.15, 0.2) is 52.9 Å². The first-order valence-corrected chi connectivity index (χ1v) is 8.94. The van der Waals surface area contributed by atoms with E-state index in [1.165, 1.54) is 4.90 Å². The highest BCUT2D eigenvalue weighted by atomic mass is 32.1. The maximum atomic E-state index is 10.8. The van der Waals surface area contributed by atoms with Crippen molar-refractivity contribution < 1.29 is 14.2 Å². The van der Waals surface area contributed by atoms with Gasteiger partial charge in [-0.15, -0.1) is 0 Å². The van der Waals surface area contributed by atoms with Gasteiger partial charge >= 0.3 is 0 Å². The molecular formula is C18H19N4O3S+. The van der Waals surface area contributed by atoms with Crippen molar-refractivity contribution in [2.24, 2.45) is 0 Å². The molecule has 0 bridgehead atoms. The van der Waals surface area contributed by atoms with Gasteiger partial charge < -0.3 is 14.2 Å². The van der Waals surface area contributed by atoms with Crippen LogP contribution in [0, 0.1) is 15.0 Å². The summed E-state index contributed by atoms with van der Waals surface area (Å²) in [6, 6.07) is 14.7. The SMILES string of the molecule is O=[N+]([O-])c1ccc(N2CC[NH+](Cn3c(=S)oc4ccccc43)CC2)cc1. The van der Waals surface area contributed by atoms with Crippen LogP contribution in [0.2, 0.25) is 0 Å². The van der Waals surface area contributed by atoms with E-state index in [2.05, 4.69) is 9.47 Å². The highest BCUT2D eigenvalue weighted by Crippen LogP contribution is 2.19. The lowest BCUT2D eigenvalue weighted by Crippen LogP contribution is -3.14. The second kappa shape index (κ2) is 6.89. The molecule has 0 atom stereocenters. The molecule has 26 heavy (non-hydrogen) atoms. The van der Waals surface area contributed by atoms with Crippen LogP contribution in [0.4, 0.5) is 11.4 Å². The quantitative estimate of drug-likeness (QED) is 0.433. The van der Waals surface area contributed by atoms with Crippen LogP contribution < -0.4 is 9.80 Å². The number of nitrogens with one attached hydrogen (secondary N) is 1. The largest absolute Gasteiger partial charge is 0.429 e. The van der Waals surface area contributed by atoms with Crippen molar-refractivity contribution in [3.63, 3.8) is 0 Å². The summed E-state index contributed by atoms with van der Waals surface area (Å²) < 4.78 is 7.72. The molecule has 0 spiro atoms. The first kappa shape index (κ1) is 16.7. The van der Waals surface area contributed by atoms with E-state index in [0.717, 1.165) is 49.6 Å². The minimum Gasteiger partial charge on any atom is -0.429 e. The molecule has 1 N–H and O–H groups in total. The van der Waals surface area contributed by atoms with Crippen LogP contribution in [0.25, 0.3) is 11.1 Å². The Morgan fingerprint density at radius 1 is 1.12 bits per heavy atom. The minimum absolute atomic E-state index is 0.124. The van der Waals surface area contributed by atoms with Crippen LogP contribution in [0.5, 0.6) is 0 Å². The highest BCUT2D eigenvalue weighted by molar-refractivity contribution is 7.71. The van der Waals surface area contributed by atoms with E-state index in [1.807, 2.05) is 36.4 Å². The fraction of sp³-hybridized carbons (Fsp3) is 0.278. The van der Waals surface area contributed by atoms with Crippen molar-refractivity contribution in [1.82, 2.24) is 4.57 Å². The summed E-state index contributed by atoms with van der Waals surface area (Å²) in [5.74, 6) is 0. The summed E-state index contributed by atoms with van der Waals surface area (Å²) in [6.45, 7) is 4.52. The number of hydrogen-bond acceptors (Lipinski definition) is 5. The smallest absolute Gasteiger partial charge is 0.274 e. The number of oxazole rings is 1. The Labute approximate surface area is 155 Å². The van der Waals surface area contributed by atoms with E-state index in [-0.39, 0.29) is 10.6 Å². The number of anilines is 1. The van der Waals surface area contributed by atoms with Gasteiger partial charge in [-0.3, -0.25) is 14.7 Å². The number of aromatic nitrogens is 1. The van der Waals surface area contributed by atoms with E-state index in [1.54, 1.807) is 12.1 Å². The molecule has 3 aromatic rings. The molecule has 7 nitrogen and oxygen atoms in total. The van der Waals surface area contributed by atoms with Crippen molar-refractivity contribution in [3.05, 3.63) is 63.5 Å². The molecule has 0 unspecified atom stereocenters. The molecule has 2 aromatic carbocycles. The number of rotatable bonds is 4. The predicted octanol–water partition coefficient (Wildman–Crippen LogP) is 2.23. The number of nitro groups is 1. The summed E-state index contributed by atoms with van der Waals surface area (Å²) in [6.07, 6.45) is 0. The zero-order chi connectivity index (χ0) is 18.1. The van der Waals surface area contributed by atoms with Crippen molar-refractivity contribution in [1.29, 1.82) is 0 Å². The van der Waals surface area contributed by atoms with Crippen LogP contribution in [0.3, 0.4) is 0 Å². The van der Waals surface area contributed by atoms with E-state index in [0.29, 0.717) is 4.84 Å². The van der Waals surface area contributed by atoms with Crippen molar-refractivity contribution in [3.8, 4) is 0 Å². The Hall–Kier alpha value is -2.71. The number of fused-ring (bicyclic) bond motifs is 1. The third kappa shape index (κ3) is 3.21. The molecule has 1 aromatic heterocycles. The molecule has 1 fully saturated rings. The number of para-hydroxylation sites is 2. The molecule has 4 rings (SSSR count). The van der Waals surface area contributed by atoms with Gasteiger partial charge in [0, 0.05) is 17.8 Å². The van der Waals surface area contributed by atoms with Gasteiger partial charge in [-0.2, -0.15) is 0 Å². The molecule has 2 heterocycles. The second-order valence-electron chi connectivity index (χ2n) is 6.43. The summed E-state index contributed by atoms with van der Waals surface area (Å²) in [7, 11) is 0. The lowest BCUT2D eigenvalue weighted by molar-refractivity contribution is -0.923. The van der Waals surface area contributed by atoms with Gasteiger partial charge in [0.15, 0.2) is 12.3 Å². The number of piperazine rings is 1. The first-order valence-electron chi connectivity index (χ1n) is 8.53. The third-order valence-electron chi connectivity index (χ3n) is 4.85. The Morgan fingerprint density at radius 3 is 2.50 bits per heavy atom. The molecule has 0 saturated carbocycles. The van der Waals surface area contributed by atoms with Crippen molar-refractivity contribution in [2.45, 2.75) is 6.67 Å². The lowest BCUT2D eigenvalue weighted by atomic mass is 10.2. The number of benzene rings is 2. The molecule has 0 radical (unpaired) electrons. The fourth-order valence-electron chi connectivity index (χ4n) is 3.41. The zero-order valence-electron chi connectivity index (χ0n) is 14.1. The summed E-state index contributed by atoms with van der Waals surface area (Å²) in [5, 5.41) is 10.8. The molecule has 1 aliphatic heterocycles. The Balaban J connectivity index is 1.42. The first-order chi connectivity index (χ1) is 12.6. The van der Waals surface area contributed by atoms with Gasteiger partial charge in [0.1, 0.15) is 0 Å². The fourth-order valence-corrected chi connectivity index (χ4v) is 3.66. The lowest BCUT2D eigenvalue weighted by Gasteiger charge is -2.33. The van der Waals surface area contributed by atoms with Gasteiger partial charge in [0.2, 0.25) is 0 Å². The molecule has 1 saturated heterocycles. The molecule has 0 aliphatic carbocycles. The molecule has 134 valence electrons. The monoisotopic (exact) mass is 371 g/mol. The second-order valence-corrected chi connectivity index (χ2v) is 6.78. The Bertz CT molecular complexity index is 988. The van der Waals surface area contributed by atoms with Crippen LogP contribution in [-0.4, -0.2) is 35.7 Å². The maximum Gasteiger partial charge on any atom is 0.274 e. The van der Waals surface area contributed by atoms with Gasteiger partial charge in [0.25, 0.3) is 10.5 Å². The Morgan fingerprint density at radius 2 is 1.81 bits per heavy atom. The molecule has 1 aliphatic rings. The zero-order valence-corrected chi connectivity index (χ0v) is 14.9. The maximum absolute atomic E-state index is 10.8. The average Bonchev–Trinajstić information content (AvgIpc) is 2.98. The normalized spacial score (nSPS) is 15.5. The third-order valence-corrected chi connectivity index (χ3v) is 5.16. The summed E-state index contributed by atoms with van der Waals surface area (Å²) in [4.78, 5) is 14.6. The topological polar surface area (TPSA) is 68.9 Å².